The van der Waals surface area contributed by atoms with Crippen LogP contribution in [0, 0.1) is 17.0 Å². The van der Waals surface area contributed by atoms with E-state index >= 15 is 4.39 Å². The topological polar surface area (TPSA) is 93.6 Å². The third-order valence-electron chi connectivity index (χ3n) is 6.02. The highest BCUT2D eigenvalue weighted by Crippen LogP contribution is 2.48. The Balaban J connectivity index is 1.75. The number of nitrogens with zero attached hydrogens (tertiary/aromatic N) is 2. The van der Waals surface area contributed by atoms with Crippen LogP contribution < -0.4 is 9.64 Å². The number of fused-ring (bicyclic) bond motifs is 1. The number of amides is 1. The second-order valence-electron chi connectivity index (χ2n) is 9.41. The summed E-state index contributed by atoms with van der Waals surface area (Å²) in [6.45, 7) is 1.38. The fraction of sp³-hybridized carbons (Fsp3) is 0.409. The molecule has 1 aromatic carbocycles. The van der Waals surface area contributed by atoms with E-state index in [1.807, 2.05) is 0 Å². The molecule has 4 rings (SSSR count). The third-order valence-corrected chi connectivity index (χ3v) is 8.30. The number of aromatic nitrogens is 1. The quantitative estimate of drug-likeness (QED) is 0.441. The number of hydrogen-bond acceptors (Lipinski definition) is 6. The number of benzene rings is 1. The van der Waals surface area contributed by atoms with E-state index in [-0.39, 0.29) is 34.7 Å². The zero-order chi connectivity index (χ0) is 25.2. The summed E-state index contributed by atoms with van der Waals surface area (Å²) in [5, 5.41) is 0. The van der Waals surface area contributed by atoms with Gasteiger partial charge in [0, 0.05) is 17.9 Å². The van der Waals surface area contributed by atoms with Crippen molar-refractivity contribution in [3.05, 3.63) is 47.2 Å². The number of carbonyl (C=O) groups is 2. The molecule has 0 aliphatic carbocycles. The molecule has 182 valence electrons. The predicted octanol–water partition coefficient (Wildman–Crippen LogP) is 3.92. The lowest BCUT2D eigenvalue weighted by atomic mass is 9.82. The number of anilines is 2. The molecular formula is C22H20F4N2O5S. The minimum atomic E-state index is -3.23. The Bertz CT molecular complexity index is 1310. The molecule has 1 saturated heterocycles. The van der Waals surface area contributed by atoms with Crippen LogP contribution in [-0.2, 0) is 20.0 Å². The van der Waals surface area contributed by atoms with Gasteiger partial charge in [0.25, 0.3) is 0 Å². The molecule has 1 fully saturated rings. The number of rotatable bonds is 6. The summed E-state index contributed by atoms with van der Waals surface area (Å²) in [4.78, 5) is 30.3. The van der Waals surface area contributed by atoms with E-state index in [0.717, 1.165) is 17.0 Å². The smallest absolute Gasteiger partial charge is 0.388 e. The van der Waals surface area contributed by atoms with Crippen LogP contribution in [0.15, 0.2) is 24.4 Å². The number of halogens is 4. The molecule has 0 spiro atoms. The van der Waals surface area contributed by atoms with E-state index in [1.165, 1.54) is 19.9 Å². The highest BCUT2D eigenvalue weighted by Gasteiger charge is 2.48. The first kappa shape index (κ1) is 24.1. The Morgan fingerprint density at radius 1 is 1.12 bits per heavy atom. The Labute approximate surface area is 192 Å². The normalized spacial score (nSPS) is 19.6. The molecular weight excluding hydrogens is 480 g/mol. The second-order valence-corrected chi connectivity index (χ2v) is 11.5. The molecule has 2 aromatic rings. The first-order chi connectivity index (χ1) is 15.6. The van der Waals surface area contributed by atoms with E-state index in [1.54, 1.807) is 6.92 Å². The highest BCUT2D eigenvalue weighted by molar-refractivity contribution is 7.92. The Hall–Kier alpha value is -3.02. The van der Waals surface area contributed by atoms with Gasteiger partial charge in [-0.1, -0.05) is 6.92 Å². The van der Waals surface area contributed by atoms with Crippen LogP contribution in [-0.4, -0.2) is 43.2 Å². The highest BCUT2D eigenvalue weighted by atomic mass is 32.2. The van der Waals surface area contributed by atoms with Gasteiger partial charge in [0.2, 0.25) is 11.8 Å². The fourth-order valence-electron chi connectivity index (χ4n) is 4.55. The maximum Gasteiger partial charge on any atom is 0.388 e. The van der Waals surface area contributed by atoms with Gasteiger partial charge in [0.05, 0.1) is 40.1 Å². The molecule has 0 bridgehead atoms. The molecule has 1 amide bonds. The van der Waals surface area contributed by atoms with E-state index < -0.39 is 62.2 Å². The molecule has 34 heavy (non-hydrogen) atoms. The van der Waals surface area contributed by atoms with E-state index in [2.05, 4.69) is 9.72 Å². The van der Waals surface area contributed by atoms with E-state index in [0.29, 0.717) is 6.20 Å². The van der Waals surface area contributed by atoms with Gasteiger partial charge in [0.1, 0.15) is 5.82 Å². The van der Waals surface area contributed by atoms with Gasteiger partial charge in [-0.15, -0.1) is 0 Å². The lowest BCUT2D eigenvalue weighted by Crippen LogP contribution is -2.47. The first-order valence-corrected chi connectivity index (χ1v) is 12.0. The fourth-order valence-corrected chi connectivity index (χ4v) is 6.79. The van der Waals surface area contributed by atoms with Crippen LogP contribution in [0.1, 0.15) is 43.1 Å². The van der Waals surface area contributed by atoms with Crippen molar-refractivity contribution >= 4 is 32.9 Å². The molecule has 2 aliphatic rings. The number of Topliss-reactive ketones (excluding diaryl/α,β-unsaturated/α-hetero) is 1. The Kier molecular flexibility index (Phi) is 5.50. The van der Waals surface area contributed by atoms with Crippen molar-refractivity contribution in [1.82, 2.24) is 4.98 Å². The SMILES string of the molecule is CC1(CC(=O)c2cc3c(cc2F)N(c2cc(OC(F)F)ncc2F)C(=O)C3(C)C)CS(=O)(=O)C1. The van der Waals surface area contributed by atoms with Crippen LogP contribution in [0.2, 0.25) is 0 Å². The molecule has 2 aliphatic heterocycles. The molecule has 0 radical (unpaired) electrons. The standard InChI is InChI=1S/C22H20F4N2O5S/c1-21(2)12-4-11(17(29)7-22(3)9-34(31,32)10-22)13(23)5-15(12)28(19(21)30)16-6-18(33-20(25)26)27-8-14(16)24/h4-6,8,20H,7,9-10H2,1-3H3. The summed E-state index contributed by atoms with van der Waals surface area (Å²) in [7, 11) is -3.21. The van der Waals surface area contributed by atoms with Gasteiger partial charge in [-0.2, -0.15) is 8.78 Å². The minimum Gasteiger partial charge on any atom is -0.417 e. The van der Waals surface area contributed by atoms with Crippen molar-refractivity contribution in [3.8, 4) is 5.88 Å². The average Bonchev–Trinajstić information content (AvgIpc) is 2.86. The van der Waals surface area contributed by atoms with Crippen LogP contribution in [0.3, 0.4) is 0 Å². The van der Waals surface area contributed by atoms with Crippen LogP contribution >= 0.6 is 0 Å². The zero-order valence-corrected chi connectivity index (χ0v) is 19.2. The second kappa shape index (κ2) is 7.76. The number of ketones is 1. The van der Waals surface area contributed by atoms with E-state index in [9.17, 15) is 31.2 Å². The summed E-state index contributed by atoms with van der Waals surface area (Å²) < 4.78 is 82.0. The zero-order valence-electron chi connectivity index (χ0n) is 18.4. The number of alkyl halides is 2. The lowest BCUT2D eigenvalue weighted by molar-refractivity contribution is -0.121. The summed E-state index contributed by atoms with van der Waals surface area (Å²) in [5.74, 6) is -4.32. The van der Waals surface area contributed by atoms with Gasteiger partial charge in [-0.05, 0) is 31.5 Å². The summed E-state index contributed by atoms with van der Waals surface area (Å²) in [5.41, 5.74) is -2.74. The van der Waals surface area contributed by atoms with Gasteiger partial charge < -0.3 is 4.74 Å². The molecule has 7 nitrogen and oxygen atoms in total. The summed E-state index contributed by atoms with van der Waals surface area (Å²) >= 11 is 0. The van der Waals surface area contributed by atoms with Crippen molar-refractivity contribution < 1.29 is 40.3 Å². The van der Waals surface area contributed by atoms with Gasteiger partial charge >= 0.3 is 6.61 Å². The van der Waals surface area contributed by atoms with Crippen LogP contribution in [0.5, 0.6) is 5.88 Å². The number of hydrogen-bond donors (Lipinski definition) is 0. The molecule has 12 heteroatoms. The Morgan fingerprint density at radius 2 is 1.76 bits per heavy atom. The van der Waals surface area contributed by atoms with Crippen LogP contribution in [0.25, 0.3) is 0 Å². The van der Waals surface area contributed by atoms with Crippen molar-refractivity contribution in [2.75, 3.05) is 16.4 Å². The number of ether oxygens (including phenoxy) is 1. The third kappa shape index (κ3) is 4.04. The first-order valence-electron chi connectivity index (χ1n) is 10.2. The van der Waals surface area contributed by atoms with Crippen molar-refractivity contribution in [2.24, 2.45) is 5.41 Å². The predicted molar refractivity (Wildman–Crippen MR) is 113 cm³/mol. The van der Waals surface area contributed by atoms with Gasteiger partial charge in [-0.25, -0.2) is 22.2 Å². The van der Waals surface area contributed by atoms with Gasteiger partial charge in [-0.3, -0.25) is 14.5 Å². The monoisotopic (exact) mass is 500 g/mol. The molecule has 1 aromatic heterocycles. The average molecular weight is 500 g/mol. The maximum atomic E-state index is 15.1. The van der Waals surface area contributed by atoms with Crippen LogP contribution in [0.4, 0.5) is 28.9 Å². The van der Waals surface area contributed by atoms with Crippen molar-refractivity contribution in [3.63, 3.8) is 0 Å². The number of sulfone groups is 1. The molecule has 0 atom stereocenters. The molecule has 0 N–H and O–H groups in total. The lowest BCUT2D eigenvalue weighted by Gasteiger charge is -2.37. The van der Waals surface area contributed by atoms with Gasteiger partial charge in [0.15, 0.2) is 21.4 Å². The minimum absolute atomic E-state index is 0.0606. The van der Waals surface area contributed by atoms with E-state index in [4.69, 9.17) is 0 Å². The van der Waals surface area contributed by atoms with Crippen molar-refractivity contribution in [2.45, 2.75) is 39.2 Å². The van der Waals surface area contributed by atoms with Crippen molar-refractivity contribution in [1.29, 1.82) is 0 Å². The largest absolute Gasteiger partial charge is 0.417 e. The summed E-state index contributed by atoms with van der Waals surface area (Å²) in [6.07, 6.45) is 0.403. The molecule has 0 saturated carbocycles. The number of pyridine rings is 1. The molecule has 3 heterocycles. The Morgan fingerprint density at radius 3 is 2.35 bits per heavy atom. The number of carbonyl (C=O) groups excluding carboxylic acids is 2. The summed E-state index contributed by atoms with van der Waals surface area (Å²) in [6, 6.07) is 2.92. The molecule has 0 unspecified atom stereocenters. The maximum absolute atomic E-state index is 15.1.